The van der Waals surface area contributed by atoms with Crippen molar-refractivity contribution in [2.24, 2.45) is 5.92 Å². The van der Waals surface area contributed by atoms with E-state index in [2.05, 4.69) is 5.32 Å². The Morgan fingerprint density at radius 1 is 1.26 bits per heavy atom. The summed E-state index contributed by atoms with van der Waals surface area (Å²) in [6, 6.07) is 9.81. The van der Waals surface area contributed by atoms with E-state index in [1.165, 1.54) is 12.3 Å². The van der Waals surface area contributed by atoms with Crippen molar-refractivity contribution in [3.8, 4) is 0 Å². The number of carbonyl (C=O) groups is 1. The lowest BCUT2D eigenvalue weighted by Crippen LogP contribution is -2.34. The zero-order valence-electron chi connectivity index (χ0n) is 12.9. The monoisotopic (exact) mass is 333 g/mol. The van der Waals surface area contributed by atoms with Crippen molar-refractivity contribution >= 4 is 15.7 Å². The van der Waals surface area contributed by atoms with Crippen LogP contribution in [-0.2, 0) is 15.6 Å². The lowest BCUT2D eigenvalue weighted by atomic mass is 10.2. The molecule has 5 nitrogen and oxygen atoms in total. The maximum Gasteiger partial charge on any atom is 0.287 e. The molecule has 23 heavy (non-hydrogen) atoms. The first kappa shape index (κ1) is 15.8. The van der Waals surface area contributed by atoms with Crippen LogP contribution in [0.4, 0.5) is 0 Å². The normalized spacial score (nSPS) is 16.0. The second-order valence-corrected chi connectivity index (χ2v) is 7.94. The minimum Gasteiger partial charge on any atom is -0.459 e. The molecule has 1 amide bonds. The van der Waals surface area contributed by atoms with Crippen LogP contribution in [0.15, 0.2) is 52.0 Å². The number of benzene rings is 1. The number of furan rings is 1. The summed E-state index contributed by atoms with van der Waals surface area (Å²) in [5.74, 6) is -0.0104. The second-order valence-electron chi connectivity index (χ2n) is 5.95. The largest absolute Gasteiger partial charge is 0.459 e. The standard InChI is InChI=1S/C17H19NO4S/c1-12(13-7-8-13)18-17(19)16-14(9-10-22-16)11-23(20,21)15-5-3-2-4-6-15/h2-6,9-10,12-13H,7-8,11H2,1H3,(H,18,19). The number of hydrogen-bond donors (Lipinski definition) is 1. The Morgan fingerprint density at radius 2 is 1.96 bits per heavy atom. The van der Waals surface area contributed by atoms with Gasteiger partial charge < -0.3 is 9.73 Å². The average Bonchev–Trinajstić information content (AvgIpc) is 3.28. The van der Waals surface area contributed by atoms with Crippen LogP contribution in [0.25, 0.3) is 0 Å². The fourth-order valence-electron chi connectivity index (χ4n) is 2.55. The molecule has 1 fully saturated rings. The molecule has 1 saturated carbocycles. The Labute approximate surface area is 135 Å². The number of hydrogen-bond acceptors (Lipinski definition) is 4. The van der Waals surface area contributed by atoms with Gasteiger partial charge in [0.15, 0.2) is 15.6 Å². The van der Waals surface area contributed by atoms with Gasteiger partial charge in [0, 0.05) is 11.6 Å². The van der Waals surface area contributed by atoms with E-state index in [9.17, 15) is 13.2 Å². The lowest BCUT2D eigenvalue weighted by Gasteiger charge is -2.12. The minimum absolute atomic E-state index is 0.0752. The zero-order chi connectivity index (χ0) is 16.4. The summed E-state index contributed by atoms with van der Waals surface area (Å²) in [5, 5.41) is 2.88. The molecule has 1 aliphatic rings. The van der Waals surface area contributed by atoms with Crippen LogP contribution >= 0.6 is 0 Å². The van der Waals surface area contributed by atoms with E-state index in [0.29, 0.717) is 11.5 Å². The molecule has 0 bridgehead atoms. The van der Waals surface area contributed by atoms with Gasteiger partial charge in [-0.2, -0.15) is 0 Å². The van der Waals surface area contributed by atoms with Gasteiger partial charge in [-0.05, 0) is 43.9 Å². The van der Waals surface area contributed by atoms with E-state index in [0.717, 1.165) is 12.8 Å². The van der Waals surface area contributed by atoms with E-state index < -0.39 is 9.84 Å². The maximum atomic E-state index is 12.4. The molecule has 1 atom stereocenters. The maximum absolute atomic E-state index is 12.4. The van der Waals surface area contributed by atoms with Crippen LogP contribution in [0.5, 0.6) is 0 Å². The molecule has 1 aromatic carbocycles. The van der Waals surface area contributed by atoms with Gasteiger partial charge in [0.1, 0.15) is 0 Å². The van der Waals surface area contributed by atoms with Gasteiger partial charge in [-0.25, -0.2) is 8.42 Å². The SMILES string of the molecule is CC(NC(=O)c1occc1CS(=O)(=O)c1ccccc1)C1CC1. The number of nitrogens with one attached hydrogen (secondary N) is 1. The number of amides is 1. The van der Waals surface area contributed by atoms with Gasteiger partial charge in [0.2, 0.25) is 0 Å². The number of carbonyl (C=O) groups excluding carboxylic acids is 1. The third-order valence-corrected chi connectivity index (χ3v) is 5.77. The minimum atomic E-state index is -3.51. The summed E-state index contributed by atoms with van der Waals surface area (Å²) in [5.41, 5.74) is 0.384. The van der Waals surface area contributed by atoms with Gasteiger partial charge in [0.05, 0.1) is 16.9 Å². The van der Waals surface area contributed by atoms with Crippen molar-refractivity contribution in [3.05, 3.63) is 54.0 Å². The van der Waals surface area contributed by atoms with E-state index in [4.69, 9.17) is 4.42 Å². The Kier molecular flexibility index (Phi) is 4.26. The van der Waals surface area contributed by atoms with E-state index >= 15 is 0 Å². The first-order valence-electron chi connectivity index (χ1n) is 7.62. The number of sulfone groups is 1. The predicted molar refractivity (Wildman–Crippen MR) is 85.7 cm³/mol. The molecule has 1 heterocycles. The molecule has 1 aromatic heterocycles. The third kappa shape index (κ3) is 3.64. The molecule has 1 aliphatic carbocycles. The highest BCUT2D eigenvalue weighted by atomic mass is 32.2. The summed E-state index contributed by atoms with van der Waals surface area (Å²) in [6.07, 6.45) is 3.59. The topological polar surface area (TPSA) is 76.4 Å². The molecular weight excluding hydrogens is 314 g/mol. The Morgan fingerprint density at radius 3 is 2.61 bits per heavy atom. The highest BCUT2D eigenvalue weighted by molar-refractivity contribution is 7.90. The zero-order valence-corrected chi connectivity index (χ0v) is 13.7. The van der Waals surface area contributed by atoms with Gasteiger partial charge in [-0.15, -0.1) is 0 Å². The van der Waals surface area contributed by atoms with E-state index in [-0.39, 0.29) is 28.4 Å². The van der Waals surface area contributed by atoms with Crippen molar-refractivity contribution in [3.63, 3.8) is 0 Å². The van der Waals surface area contributed by atoms with E-state index in [1.807, 2.05) is 6.92 Å². The van der Waals surface area contributed by atoms with Crippen molar-refractivity contribution in [2.75, 3.05) is 0 Å². The highest BCUT2D eigenvalue weighted by Gasteiger charge is 2.30. The highest BCUT2D eigenvalue weighted by Crippen LogP contribution is 2.32. The summed E-state index contributed by atoms with van der Waals surface area (Å²) in [7, 11) is -3.51. The van der Waals surface area contributed by atoms with Gasteiger partial charge >= 0.3 is 0 Å². The fourth-order valence-corrected chi connectivity index (χ4v) is 3.93. The molecule has 0 saturated heterocycles. The molecule has 2 aromatic rings. The molecular formula is C17H19NO4S. The number of rotatable bonds is 6. The molecule has 122 valence electrons. The quantitative estimate of drug-likeness (QED) is 0.882. The first-order chi connectivity index (χ1) is 11.0. The van der Waals surface area contributed by atoms with Crippen molar-refractivity contribution in [1.82, 2.24) is 5.32 Å². The Hall–Kier alpha value is -2.08. The molecule has 0 radical (unpaired) electrons. The molecule has 1 unspecified atom stereocenters. The van der Waals surface area contributed by atoms with Crippen molar-refractivity contribution in [2.45, 2.75) is 36.5 Å². The van der Waals surface area contributed by atoms with Gasteiger partial charge in [-0.1, -0.05) is 18.2 Å². The van der Waals surface area contributed by atoms with Crippen molar-refractivity contribution in [1.29, 1.82) is 0 Å². The third-order valence-electron chi connectivity index (χ3n) is 4.09. The first-order valence-corrected chi connectivity index (χ1v) is 9.27. The molecule has 0 aliphatic heterocycles. The molecule has 3 rings (SSSR count). The van der Waals surface area contributed by atoms with Crippen LogP contribution < -0.4 is 5.32 Å². The predicted octanol–water partition coefficient (Wildman–Crippen LogP) is 2.78. The molecule has 6 heteroatoms. The van der Waals surface area contributed by atoms with E-state index in [1.54, 1.807) is 30.3 Å². The molecule has 1 N–H and O–H groups in total. The fraction of sp³-hybridized carbons (Fsp3) is 0.353. The van der Waals surface area contributed by atoms with Crippen LogP contribution in [0.1, 0.15) is 35.9 Å². The van der Waals surface area contributed by atoms with Crippen LogP contribution in [-0.4, -0.2) is 20.4 Å². The van der Waals surface area contributed by atoms with Crippen LogP contribution in [0.2, 0.25) is 0 Å². The summed E-state index contributed by atoms with van der Waals surface area (Å²) >= 11 is 0. The van der Waals surface area contributed by atoms with Gasteiger partial charge in [-0.3, -0.25) is 4.79 Å². The summed E-state index contributed by atoms with van der Waals surface area (Å²) in [4.78, 5) is 12.5. The van der Waals surface area contributed by atoms with Crippen LogP contribution in [0.3, 0.4) is 0 Å². The summed E-state index contributed by atoms with van der Waals surface area (Å²) in [6.45, 7) is 1.96. The second kappa shape index (κ2) is 6.20. The molecule has 0 spiro atoms. The smallest absolute Gasteiger partial charge is 0.287 e. The average molecular weight is 333 g/mol. The Balaban J connectivity index is 1.77. The summed E-state index contributed by atoms with van der Waals surface area (Å²) < 4.78 is 30.1. The van der Waals surface area contributed by atoms with Crippen LogP contribution in [0, 0.1) is 5.92 Å². The Bertz CT molecular complexity index is 791. The lowest BCUT2D eigenvalue weighted by molar-refractivity contribution is 0.0907. The van der Waals surface area contributed by atoms with Crippen molar-refractivity contribution < 1.29 is 17.6 Å². The van der Waals surface area contributed by atoms with Gasteiger partial charge in [0.25, 0.3) is 5.91 Å².